The van der Waals surface area contributed by atoms with Crippen molar-refractivity contribution in [3.8, 4) is 11.5 Å². The van der Waals surface area contributed by atoms with Gasteiger partial charge in [-0.1, -0.05) is 6.07 Å². The minimum Gasteiger partial charge on any atom is -0.497 e. The van der Waals surface area contributed by atoms with Gasteiger partial charge in [0.2, 0.25) is 0 Å². The van der Waals surface area contributed by atoms with E-state index < -0.39 is 5.97 Å². The van der Waals surface area contributed by atoms with E-state index in [1.807, 2.05) is 30.3 Å². The molecule has 2 aliphatic rings. The Morgan fingerprint density at radius 1 is 1.03 bits per heavy atom. The number of hydrogen-bond acceptors (Lipinski definition) is 6. The summed E-state index contributed by atoms with van der Waals surface area (Å²) in [6.07, 6.45) is 3.00. The molecule has 178 valence electrons. The molecule has 0 saturated carbocycles. The lowest BCUT2D eigenvalue weighted by Crippen LogP contribution is -2.38. The summed E-state index contributed by atoms with van der Waals surface area (Å²) in [4.78, 5) is 15.8. The van der Waals surface area contributed by atoms with Crippen LogP contribution < -0.4 is 19.3 Å². The normalized spacial score (nSPS) is 21.3. The maximum atomic E-state index is 11.3. The fourth-order valence-electron chi connectivity index (χ4n) is 4.94. The number of anilines is 2. The summed E-state index contributed by atoms with van der Waals surface area (Å²) in [5.74, 6) is 0.957. The van der Waals surface area contributed by atoms with E-state index in [0.717, 1.165) is 49.5 Å². The van der Waals surface area contributed by atoms with Crippen molar-refractivity contribution in [1.29, 1.82) is 0 Å². The molecule has 0 aromatic heterocycles. The van der Waals surface area contributed by atoms with E-state index >= 15 is 0 Å². The molecule has 7 heteroatoms. The van der Waals surface area contributed by atoms with Crippen LogP contribution in [-0.4, -0.2) is 63.2 Å². The summed E-state index contributed by atoms with van der Waals surface area (Å²) in [6.45, 7) is 4.73. The molecular formula is C26H34N2O5. The summed E-state index contributed by atoms with van der Waals surface area (Å²) in [5.41, 5.74) is 3.49. The van der Waals surface area contributed by atoms with Crippen molar-refractivity contribution in [2.45, 2.75) is 50.9 Å². The van der Waals surface area contributed by atoms with Gasteiger partial charge in [0.25, 0.3) is 0 Å². The topological polar surface area (TPSA) is 71.5 Å². The Bertz CT molecular complexity index is 940. The number of carbonyl (C=O) groups is 1. The molecule has 2 heterocycles. The maximum Gasteiger partial charge on any atom is 0.305 e. The van der Waals surface area contributed by atoms with E-state index in [2.05, 4.69) is 28.9 Å². The van der Waals surface area contributed by atoms with E-state index in [1.54, 1.807) is 14.2 Å². The zero-order chi connectivity index (χ0) is 23.4. The van der Waals surface area contributed by atoms with Crippen molar-refractivity contribution in [3.05, 3.63) is 48.0 Å². The second-order valence-corrected chi connectivity index (χ2v) is 8.95. The molecule has 0 amide bonds. The molecule has 7 nitrogen and oxygen atoms in total. The van der Waals surface area contributed by atoms with Crippen LogP contribution >= 0.6 is 0 Å². The average molecular weight is 455 g/mol. The second kappa shape index (κ2) is 10.3. The van der Waals surface area contributed by atoms with Crippen molar-refractivity contribution in [2.24, 2.45) is 0 Å². The summed E-state index contributed by atoms with van der Waals surface area (Å²) in [7, 11) is 3.38. The fraction of sp³-hybridized carbons (Fsp3) is 0.500. The number of benzene rings is 2. The van der Waals surface area contributed by atoms with Gasteiger partial charge in [-0.2, -0.15) is 0 Å². The van der Waals surface area contributed by atoms with Gasteiger partial charge < -0.3 is 29.1 Å². The summed E-state index contributed by atoms with van der Waals surface area (Å²) in [5, 5.41) is 9.26. The Labute approximate surface area is 195 Å². The van der Waals surface area contributed by atoms with Gasteiger partial charge in [0.05, 0.1) is 19.6 Å². The predicted molar refractivity (Wildman–Crippen MR) is 129 cm³/mol. The third-order valence-electron chi connectivity index (χ3n) is 6.79. The van der Waals surface area contributed by atoms with Gasteiger partial charge in [0.15, 0.2) is 0 Å². The Morgan fingerprint density at radius 3 is 2.36 bits per heavy atom. The number of ether oxygens (including phenoxy) is 3. The number of methoxy groups -OCH3 is 2. The zero-order valence-electron chi connectivity index (χ0n) is 19.7. The molecule has 0 aliphatic carbocycles. The molecule has 0 radical (unpaired) electrons. The monoisotopic (exact) mass is 454 g/mol. The standard InChI is InChI=1S/C26H34N2O5/c1-18-4-7-23(31-2)16-25(18)27-12-10-22(11-13-27)33-21-8-5-19(6-9-21)28-17-24(32-3)14-20(28)15-26(29)30/h4-9,16,20,22,24H,10-15,17H2,1-3H3,(H,29,30). The fourth-order valence-corrected chi connectivity index (χ4v) is 4.94. The Morgan fingerprint density at radius 2 is 1.73 bits per heavy atom. The first-order chi connectivity index (χ1) is 16.0. The van der Waals surface area contributed by atoms with E-state index in [1.165, 1.54) is 11.3 Å². The first kappa shape index (κ1) is 23.2. The first-order valence-electron chi connectivity index (χ1n) is 11.6. The van der Waals surface area contributed by atoms with Crippen LogP contribution in [0.25, 0.3) is 0 Å². The minimum atomic E-state index is -0.780. The number of carboxylic acid groups (broad SMARTS) is 1. The van der Waals surface area contributed by atoms with Crippen molar-refractivity contribution >= 4 is 17.3 Å². The number of rotatable bonds is 8. The number of carboxylic acids is 1. The van der Waals surface area contributed by atoms with Crippen molar-refractivity contribution in [2.75, 3.05) is 43.7 Å². The summed E-state index contributed by atoms with van der Waals surface area (Å²) in [6, 6.07) is 14.2. The molecule has 4 rings (SSSR count). The van der Waals surface area contributed by atoms with E-state index in [-0.39, 0.29) is 24.7 Å². The van der Waals surface area contributed by atoms with Gasteiger partial charge in [0, 0.05) is 63.1 Å². The van der Waals surface area contributed by atoms with Gasteiger partial charge in [-0.25, -0.2) is 0 Å². The van der Waals surface area contributed by atoms with Gasteiger partial charge in [-0.15, -0.1) is 0 Å². The SMILES string of the molecule is COc1ccc(C)c(N2CCC(Oc3ccc(N4CC(OC)CC4CC(=O)O)cc3)CC2)c1. The average Bonchev–Trinajstić information content (AvgIpc) is 3.23. The third kappa shape index (κ3) is 5.53. The largest absolute Gasteiger partial charge is 0.497 e. The van der Waals surface area contributed by atoms with Crippen LogP contribution in [0.4, 0.5) is 11.4 Å². The molecular weight excluding hydrogens is 420 g/mol. The number of aryl methyl sites for hydroxylation is 1. The molecule has 2 aliphatic heterocycles. The van der Waals surface area contributed by atoms with Crippen LogP contribution in [0.3, 0.4) is 0 Å². The van der Waals surface area contributed by atoms with E-state index in [9.17, 15) is 9.90 Å². The highest BCUT2D eigenvalue weighted by atomic mass is 16.5. The number of hydrogen-bond donors (Lipinski definition) is 1. The third-order valence-corrected chi connectivity index (χ3v) is 6.79. The molecule has 2 aromatic rings. The maximum absolute atomic E-state index is 11.3. The van der Waals surface area contributed by atoms with Crippen LogP contribution in [0, 0.1) is 6.92 Å². The molecule has 2 fully saturated rings. The second-order valence-electron chi connectivity index (χ2n) is 8.95. The Hall–Kier alpha value is -2.93. The summed E-state index contributed by atoms with van der Waals surface area (Å²) >= 11 is 0. The smallest absolute Gasteiger partial charge is 0.305 e. The predicted octanol–water partition coefficient (Wildman–Crippen LogP) is 4.12. The van der Waals surface area contributed by atoms with Crippen LogP contribution in [0.15, 0.2) is 42.5 Å². The lowest BCUT2D eigenvalue weighted by atomic mass is 10.0. The number of aliphatic carboxylic acids is 1. The molecule has 0 spiro atoms. The summed E-state index contributed by atoms with van der Waals surface area (Å²) < 4.78 is 17.2. The Balaban J connectivity index is 1.34. The molecule has 2 aromatic carbocycles. The number of piperidine rings is 1. The molecule has 2 saturated heterocycles. The van der Waals surface area contributed by atoms with E-state index in [4.69, 9.17) is 14.2 Å². The van der Waals surface area contributed by atoms with Gasteiger partial charge in [-0.05, 0) is 49.2 Å². The van der Waals surface area contributed by atoms with Crippen LogP contribution in [0.1, 0.15) is 31.2 Å². The molecule has 1 N–H and O–H groups in total. The minimum absolute atomic E-state index is 0.0522. The highest BCUT2D eigenvalue weighted by molar-refractivity contribution is 5.69. The first-order valence-corrected chi connectivity index (χ1v) is 11.6. The highest BCUT2D eigenvalue weighted by Gasteiger charge is 2.33. The number of nitrogens with zero attached hydrogens (tertiary/aromatic N) is 2. The molecule has 2 unspecified atom stereocenters. The Kier molecular flexibility index (Phi) is 7.28. The van der Waals surface area contributed by atoms with Gasteiger partial charge >= 0.3 is 5.97 Å². The van der Waals surface area contributed by atoms with E-state index in [0.29, 0.717) is 6.54 Å². The van der Waals surface area contributed by atoms with Crippen molar-refractivity contribution in [3.63, 3.8) is 0 Å². The highest BCUT2D eigenvalue weighted by Crippen LogP contribution is 2.32. The lowest BCUT2D eigenvalue weighted by Gasteiger charge is -2.34. The van der Waals surface area contributed by atoms with Crippen LogP contribution in [-0.2, 0) is 9.53 Å². The van der Waals surface area contributed by atoms with Crippen molar-refractivity contribution in [1.82, 2.24) is 0 Å². The molecule has 33 heavy (non-hydrogen) atoms. The van der Waals surface area contributed by atoms with Crippen LogP contribution in [0.5, 0.6) is 11.5 Å². The molecule has 0 bridgehead atoms. The quantitative estimate of drug-likeness (QED) is 0.643. The lowest BCUT2D eigenvalue weighted by molar-refractivity contribution is -0.137. The van der Waals surface area contributed by atoms with Gasteiger partial charge in [0.1, 0.15) is 17.6 Å². The zero-order valence-corrected chi connectivity index (χ0v) is 19.7. The van der Waals surface area contributed by atoms with Gasteiger partial charge in [-0.3, -0.25) is 4.79 Å². The van der Waals surface area contributed by atoms with Crippen LogP contribution in [0.2, 0.25) is 0 Å². The molecule has 2 atom stereocenters. The van der Waals surface area contributed by atoms with Crippen molar-refractivity contribution < 1.29 is 24.1 Å².